The highest BCUT2D eigenvalue weighted by atomic mass is 16.5. The summed E-state index contributed by atoms with van der Waals surface area (Å²) in [6.07, 6.45) is 4.96. The molecule has 1 N–H and O–H groups in total. The lowest BCUT2D eigenvalue weighted by Gasteiger charge is -2.27. The maximum Gasteiger partial charge on any atom is 0.226 e. The third-order valence-corrected chi connectivity index (χ3v) is 4.08. The molecule has 1 amide bonds. The van der Waals surface area contributed by atoms with Crippen LogP contribution in [0.3, 0.4) is 0 Å². The Labute approximate surface area is 118 Å². The van der Waals surface area contributed by atoms with Gasteiger partial charge in [-0.05, 0) is 30.9 Å². The lowest BCUT2D eigenvalue weighted by atomic mass is 9.87. The molecule has 1 aliphatic carbocycles. The Morgan fingerprint density at radius 3 is 3.10 bits per heavy atom. The average molecular weight is 272 g/mol. The summed E-state index contributed by atoms with van der Waals surface area (Å²) in [5.41, 5.74) is 1.46. The number of para-hydroxylation sites is 1. The minimum absolute atomic E-state index is 0.0446. The van der Waals surface area contributed by atoms with Crippen LogP contribution in [0.2, 0.25) is 0 Å². The van der Waals surface area contributed by atoms with Crippen LogP contribution in [0.5, 0.6) is 0 Å². The molecule has 2 aromatic rings. The number of carbonyl (C=O) groups excluding carboxylic acids is 1. The SMILES string of the molecule is CC1CCCC(NC(=O)Cc2noc3ccccc23)C1. The zero-order chi connectivity index (χ0) is 13.9. The van der Waals surface area contributed by atoms with Crippen molar-refractivity contribution in [3.8, 4) is 0 Å². The van der Waals surface area contributed by atoms with Gasteiger partial charge < -0.3 is 9.84 Å². The number of hydrogen-bond donors (Lipinski definition) is 1. The molecule has 2 unspecified atom stereocenters. The second kappa shape index (κ2) is 5.65. The summed E-state index contributed by atoms with van der Waals surface area (Å²) in [5, 5.41) is 8.07. The largest absolute Gasteiger partial charge is 0.356 e. The van der Waals surface area contributed by atoms with Crippen LogP contribution in [0, 0.1) is 5.92 Å². The lowest BCUT2D eigenvalue weighted by molar-refractivity contribution is -0.121. The molecule has 1 aliphatic rings. The summed E-state index contributed by atoms with van der Waals surface area (Å²) in [4.78, 5) is 12.1. The van der Waals surface area contributed by atoms with Crippen LogP contribution in [0.4, 0.5) is 0 Å². The normalized spacial score (nSPS) is 22.9. The number of hydrogen-bond acceptors (Lipinski definition) is 3. The first-order valence-corrected chi connectivity index (χ1v) is 7.35. The fourth-order valence-electron chi connectivity index (χ4n) is 3.06. The van der Waals surface area contributed by atoms with Gasteiger partial charge in [0, 0.05) is 11.4 Å². The second-order valence-corrected chi connectivity index (χ2v) is 5.84. The van der Waals surface area contributed by atoms with Crippen molar-refractivity contribution in [3.05, 3.63) is 30.0 Å². The molecule has 2 atom stereocenters. The Hall–Kier alpha value is -1.84. The van der Waals surface area contributed by atoms with Crippen molar-refractivity contribution < 1.29 is 9.32 Å². The van der Waals surface area contributed by atoms with Crippen LogP contribution >= 0.6 is 0 Å². The molecule has 106 valence electrons. The topological polar surface area (TPSA) is 55.1 Å². The molecule has 0 radical (unpaired) electrons. The predicted molar refractivity (Wildman–Crippen MR) is 77.3 cm³/mol. The molecule has 1 fully saturated rings. The molecule has 1 heterocycles. The Morgan fingerprint density at radius 1 is 1.40 bits per heavy atom. The maximum absolute atomic E-state index is 12.1. The van der Waals surface area contributed by atoms with Crippen LogP contribution in [-0.2, 0) is 11.2 Å². The highest BCUT2D eigenvalue weighted by Gasteiger charge is 2.21. The number of amides is 1. The lowest BCUT2D eigenvalue weighted by Crippen LogP contribution is -2.38. The van der Waals surface area contributed by atoms with Crippen molar-refractivity contribution in [2.75, 3.05) is 0 Å². The fraction of sp³-hybridized carbons (Fsp3) is 0.500. The third-order valence-electron chi connectivity index (χ3n) is 4.08. The molecule has 4 nitrogen and oxygen atoms in total. The average Bonchev–Trinajstić information content (AvgIpc) is 2.82. The summed E-state index contributed by atoms with van der Waals surface area (Å²) in [6.45, 7) is 2.25. The van der Waals surface area contributed by atoms with Crippen LogP contribution in [-0.4, -0.2) is 17.1 Å². The summed E-state index contributed by atoms with van der Waals surface area (Å²) in [6, 6.07) is 7.97. The van der Waals surface area contributed by atoms with E-state index >= 15 is 0 Å². The van der Waals surface area contributed by atoms with Gasteiger partial charge in [0.25, 0.3) is 0 Å². The first kappa shape index (κ1) is 13.2. The van der Waals surface area contributed by atoms with E-state index in [1.807, 2.05) is 24.3 Å². The second-order valence-electron chi connectivity index (χ2n) is 5.84. The quantitative estimate of drug-likeness (QED) is 0.934. The third kappa shape index (κ3) is 2.84. The molecule has 1 aromatic heterocycles. The first-order valence-electron chi connectivity index (χ1n) is 7.35. The minimum Gasteiger partial charge on any atom is -0.356 e. The Kier molecular flexibility index (Phi) is 3.72. The van der Waals surface area contributed by atoms with E-state index in [4.69, 9.17) is 4.52 Å². The number of nitrogens with one attached hydrogen (secondary N) is 1. The van der Waals surface area contributed by atoms with Gasteiger partial charge in [0.2, 0.25) is 5.91 Å². The molecule has 0 spiro atoms. The Morgan fingerprint density at radius 2 is 2.25 bits per heavy atom. The Balaban J connectivity index is 1.64. The minimum atomic E-state index is 0.0446. The smallest absolute Gasteiger partial charge is 0.226 e. The van der Waals surface area contributed by atoms with Gasteiger partial charge in [-0.2, -0.15) is 0 Å². The van der Waals surface area contributed by atoms with Gasteiger partial charge >= 0.3 is 0 Å². The van der Waals surface area contributed by atoms with Crippen molar-refractivity contribution in [2.45, 2.75) is 45.1 Å². The highest BCUT2D eigenvalue weighted by molar-refractivity contribution is 5.86. The van der Waals surface area contributed by atoms with Gasteiger partial charge in [-0.3, -0.25) is 4.79 Å². The van der Waals surface area contributed by atoms with Gasteiger partial charge in [0.15, 0.2) is 5.58 Å². The fourth-order valence-corrected chi connectivity index (χ4v) is 3.06. The number of carbonyl (C=O) groups is 1. The van der Waals surface area contributed by atoms with E-state index in [1.54, 1.807) is 0 Å². The van der Waals surface area contributed by atoms with Crippen molar-refractivity contribution in [2.24, 2.45) is 5.92 Å². The Bertz CT molecular complexity index is 605. The molecule has 4 heteroatoms. The zero-order valence-corrected chi connectivity index (χ0v) is 11.8. The molecular formula is C16H20N2O2. The van der Waals surface area contributed by atoms with Crippen molar-refractivity contribution in [1.29, 1.82) is 0 Å². The first-order chi connectivity index (χ1) is 9.72. The molecular weight excluding hydrogens is 252 g/mol. The van der Waals surface area contributed by atoms with E-state index in [9.17, 15) is 4.79 Å². The van der Waals surface area contributed by atoms with E-state index in [2.05, 4.69) is 17.4 Å². The molecule has 1 saturated carbocycles. The van der Waals surface area contributed by atoms with Crippen molar-refractivity contribution >= 4 is 16.9 Å². The number of aromatic nitrogens is 1. The summed E-state index contributed by atoms with van der Waals surface area (Å²) in [5.74, 6) is 0.755. The van der Waals surface area contributed by atoms with Gasteiger partial charge in [0.1, 0.15) is 5.69 Å². The van der Waals surface area contributed by atoms with Gasteiger partial charge in [-0.15, -0.1) is 0 Å². The van der Waals surface area contributed by atoms with E-state index < -0.39 is 0 Å². The molecule has 1 aromatic carbocycles. The summed E-state index contributed by atoms with van der Waals surface area (Å²) in [7, 11) is 0. The summed E-state index contributed by atoms with van der Waals surface area (Å²) < 4.78 is 5.23. The highest BCUT2D eigenvalue weighted by Crippen LogP contribution is 2.24. The molecule has 20 heavy (non-hydrogen) atoms. The monoisotopic (exact) mass is 272 g/mol. The molecule has 0 bridgehead atoms. The van der Waals surface area contributed by atoms with Gasteiger partial charge in [0.05, 0.1) is 6.42 Å². The number of fused-ring (bicyclic) bond motifs is 1. The number of rotatable bonds is 3. The van der Waals surface area contributed by atoms with E-state index in [0.29, 0.717) is 18.4 Å². The van der Waals surface area contributed by atoms with E-state index in [0.717, 1.165) is 29.5 Å². The van der Waals surface area contributed by atoms with Crippen molar-refractivity contribution in [3.63, 3.8) is 0 Å². The predicted octanol–water partition coefficient (Wildman–Crippen LogP) is 3.07. The zero-order valence-electron chi connectivity index (χ0n) is 11.8. The van der Waals surface area contributed by atoms with E-state index in [-0.39, 0.29) is 5.91 Å². The molecule has 0 aliphatic heterocycles. The number of benzene rings is 1. The summed E-state index contributed by atoms with van der Waals surface area (Å²) >= 11 is 0. The van der Waals surface area contributed by atoms with Crippen LogP contribution < -0.4 is 5.32 Å². The van der Waals surface area contributed by atoms with Gasteiger partial charge in [-0.1, -0.05) is 37.1 Å². The number of nitrogens with zero attached hydrogens (tertiary/aromatic N) is 1. The van der Waals surface area contributed by atoms with Crippen LogP contribution in [0.25, 0.3) is 11.0 Å². The van der Waals surface area contributed by atoms with Crippen LogP contribution in [0.15, 0.2) is 28.8 Å². The van der Waals surface area contributed by atoms with E-state index in [1.165, 1.54) is 12.8 Å². The van der Waals surface area contributed by atoms with Crippen LogP contribution in [0.1, 0.15) is 38.3 Å². The van der Waals surface area contributed by atoms with Crippen molar-refractivity contribution in [1.82, 2.24) is 10.5 Å². The standard InChI is InChI=1S/C16H20N2O2/c1-11-5-4-6-12(9-11)17-16(19)10-14-13-7-2-3-8-15(13)20-18-14/h2-3,7-8,11-12H,4-6,9-10H2,1H3,(H,17,19). The molecule has 0 saturated heterocycles. The maximum atomic E-state index is 12.1. The van der Waals surface area contributed by atoms with Gasteiger partial charge in [-0.25, -0.2) is 0 Å². The molecule has 3 rings (SSSR count).